The van der Waals surface area contributed by atoms with E-state index >= 15 is 19.2 Å². The van der Waals surface area contributed by atoms with E-state index in [9.17, 15) is 38.4 Å². The van der Waals surface area contributed by atoms with Gasteiger partial charge >= 0.3 is 0 Å². The number of benzene rings is 7. The molecule has 3 saturated carbocycles. The van der Waals surface area contributed by atoms with Gasteiger partial charge in [0, 0.05) is 33.0 Å². The molecule has 3 aliphatic carbocycles. The van der Waals surface area contributed by atoms with E-state index in [2.05, 4.69) is 0 Å². The molecule has 26 bridgehead atoms. The molecule has 21 heterocycles. The largest absolute Gasteiger partial charge is 0.269 e. The normalized spacial score (nSPS) is 23.1. The van der Waals surface area contributed by atoms with Crippen LogP contribution in [0, 0.1) is 0 Å². The number of nitrogens with zero attached hydrogens (tertiary/aromatic N) is 6. The first-order chi connectivity index (χ1) is 38.7. The van der Waals surface area contributed by atoms with Crippen LogP contribution in [0.15, 0.2) is 111 Å². The summed E-state index contributed by atoms with van der Waals surface area (Å²) in [6.45, 7) is 0. The lowest BCUT2D eigenvalue weighted by atomic mass is 9.80. The number of amides is 4. The van der Waals surface area contributed by atoms with Crippen molar-refractivity contribution in [1.82, 2.24) is 28.1 Å². The molecule has 80 heavy (non-hydrogen) atoms. The molecule has 20 aliphatic rings. The lowest BCUT2D eigenvalue weighted by molar-refractivity contribution is 0.0418. The molecule has 0 N–H and O–H groups in total. The Bertz CT molecular complexity index is 4720. The first-order valence-corrected chi connectivity index (χ1v) is 27.6. The van der Waals surface area contributed by atoms with Crippen LogP contribution in [-0.4, -0.2) is 63.8 Å². The first-order valence-electron chi connectivity index (χ1n) is 27.6. The Morgan fingerprint density at radius 2 is 0.438 bits per heavy atom. The summed E-state index contributed by atoms with van der Waals surface area (Å²) in [5.41, 5.74) is -5.09. The Hall–Kier alpha value is -9.32. The highest BCUT2D eigenvalue weighted by Gasteiger charge is 2.47. The molecule has 0 spiro atoms. The molecule has 0 saturated heterocycles. The van der Waals surface area contributed by atoms with E-state index in [0.29, 0.717) is 81.6 Å². The molecular formula is C62H42N6O12. The maximum Gasteiger partial charge on any atom is 0.261 e. The Morgan fingerprint density at radius 3 is 0.662 bits per heavy atom. The number of hydrogen-bond acceptors (Lipinski definition) is 12. The van der Waals surface area contributed by atoms with Crippen molar-refractivity contribution >= 4 is 110 Å². The smallest absolute Gasteiger partial charge is 0.261 e. The van der Waals surface area contributed by atoms with Crippen molar-refractivity contribution < 1.29 is 19.2 Å². The summed E-state index contributed by atoms with van der Waals surface area (Å²) in [5, 5.41) is 3.83. The number of carbonyl (C=O) groups excluding carboxylic acids is 4. The third-order valence-electron chi connectivity index (χ3n) is 19.7. The Labute approximate surface area is 446 Å². The Morgan fingerprint density at radius 1 is 0.237 bits per heavy atom. The van der Waals surface area contributed by atoms with Crippen LogP contribution >= 0.6 is 0 Å². The average molecular weight is 1060 g/mol. The third kappa shape index (κ3) is 5.30. The highest BCUT2D eigenvalue weighted by molar-refractivity contribution is 6.41. The van der Waals surface area contributed by atoms with Crippen LogP contribution in [0.3, 0.4) is 0 Å². The van der Waals surface area contributed by atoms with Gasteiger partial charge in [-0.15, -0.1) is 0 Å². The number of imide groups is 2. The number of hydrogen-bond donors (Lipinski definition) is 0. The lowest BCUT2D eigenvalue weighted by Gasteiger charge is -2.41. The maximum absolute atomic E-state index is 15.1. The fourth-order valence-corrected chi connectivity index (χ4v) is 16.2. The molecule has 6 atom stereocenters. The molecule has 18 heteroatoms. The van der Waals surface area contributed by atoms with E-state index in [1.807, 2.05) is 0 Å². The van der Waals surface area contributed by atoms with E-state index in [0.717, 1.165) is 18.3 Å². The van der Waals surface area contributed by atoms with Crippen LogP contribution in [0.25, 0.3) is 86.2 Å². The first kappa shape index (κ1) is 45.7. The third-order valence-corrected chi connectivity index (χ3v) is 19.7. The highest BCUT2D eigenvalue weighted by atomic mass is 16.2. The molecule has 18 nitrogen and oxygen atoms in total. The van der Waals surface area contributed by atoms with Crippen molar-refractivity contribution in [3.8, 4) is 0 Å². The van der Waals surface area contributed by atoms with E-state index in [4.69, 9.17) is 0 Å². The fourth-order valence-electron chi connectivity index (χ4n) is 16.2. The molecule has 392 valence electrons. The minimum atomic E-state index is -1.02. The zero-order valence-corrected chi connectivity index (χ0v) is 42.5. The van der Waals surface area contributed by atoms with E-state index in [1.165, 1.54) is 34.1 Å². The maximum atomic E-state index is 15.1. The van der Waals surface area contributed by atoms with Crippen molar-refractivity contribution in [1.29, 1.82) is 0 Å². The second-order valence-electron chi connectivity index (χ2n) is 23.2. The van der Waals surface area contributed by atoms with E-state index in [-0.39, 0.29) is 104 Å². The molecule has 11 aromatic rings. The van der Waals surface area contributed by atoms with E-state index < -0.39 is 104 Å². The van der Waals surface area contributed by atoms with Gasteiger partial charge < -0.3 is 0 Å². The van der Waals surface area contributed by atoms with Crippen LogP contribution in [0.2, 0.25) is 0 Å². The number of rotatable bonds is 0. The van der Waals surface area contributed by atoms with Gasteiger partial charge in [-0.2, -0.15) is 0 Å². The zero-order chi connectivity index (χ0) is 54.4. The quantitative estimate of drug-likeness (QED) is 0.0910. The van der Waals surface area contributed by atoms with Gasteiger partial charge in [0.05, 0.1) is 79.3 Å². The second kappa shape index (κ2) is 15.3. The molecule has 0 radical (unpaired) electrons. The summed E-state index contributed by atoms with van der Waals surface area (Å²) >= 11 is 0. The molecule has 7 aromatic carbocycles. The highest BCUT2D eigenvalue weighted by Crippen LogP contribution is 2.48. The topological polar surface area (TPSA) is 231 Å². The Kier molecular flexibility index (Phi) is 8.72. The summed E-state index contributed by atoms with van der Waals surface area (Å²) in [5.74, 6) is -2.39. The molecule has 4 aromatic heterocycles. The van der Waals surface area contributed by atoms with Crippen molar-refractivity contribution in [3.05, 3.63) is 178 Å². The van der Waals surface area contributed by atoms with Crippen LogP contribution in [0.4, 0.5) is 0 Å². The predicted octanol–water partition coefficient (Wildman–Crippen LogP) is 6.42. The zero-order valence-electron chi connectivity index (χ0n) is 42.5. The lowest BCUT2D eigenvalue weighted by Crippen LogP contribution is -2.53. The van der Waals surface area contributed by atoms with Gasteiger partial charge in [-0.05, 0) is 119 Å². The standard InChI is InChI=1S/C62H42N6O12/c69-51-29-17-13-25-27-15-19-31-50-32-20-16-28(48(27)50)26-14-18-30(49(29)47(25)26)52(70)63(51)41-7-1-3-9-43(41)65-55(73)33-21-37-38(22-34(33)56(65)74)60(78)67(59(37)77)45-11-5-6-12-46(45)68-61(79)39-23-35-36(24-40(39)62(68)80)58(76)66(57(35)75)44-10-4-2-8-42(44)64(53(31)71)54(32)72/h13-24,41-46H,1-12H2/t41-,42?,43?,44-,45-,46?/m1/s1. The average Bonchev–Trinajstić information content (AvgIpc) is 4.19. The predicted molar refractivity (Wildman–Crippen MR) is 298 cm³/mol. The monoisotopic (exact) mass is 1060 g/mol. The van der Waals surface area contributed by atoms with Crippen molar-refractivity contribution in [2.75, 3.05) is 0 Å². The van der Waals surface area contributed by atoms with Crippen LogP contribution in [0.1, 0.15) is 143 Å². The summed E-state index contributed by atoms with van der Waals surface area (Å²) in [6, 6.07) is 13.1. The van der Waals surface area contributed by atoms with Gasteiger partial charge in [-0.3, -0.25) is 85.6 Å². The number of aromatic nitrogens is 4. The van der Waals surface area contributed by atoms with Gasteiger partial charge in [0.1, 0.15) is 0 Å². The SMILES string of the molecule is O=C1c2ccc3c4ccc5c6c7ccc(c8ccc(c2c38)C(=O)N1C1CCCC[C@H]1n1c(=O)c2cc3c(=O)n(c(=O)c3cc2c1=O)C1CCCC[C@H]1n1c(=O)c2cc3c(=O)n(c(=O)c3cc2c1=O)C1CCCC[C@H]1N(C5=O)C7=O)c64. The van der Waals surface area contributed by atoms with Gasteiger partial charge in [-0.1, -0.05) is 62.8 Å². The molecule has 3 unspecified atom stereocenters. The summed E-state index contributed by atoms with van der Waals surface area (Å²) < 4.78 is 4.16. The minimum Gasteiger partial charge on any atom is -0.269 e. The van der Waals surface area contributed by atoms with Crippen molar-refractivity contribution in [2.24, 2.45) is 0 Å². The summed E-state index contributed by atoms with van der Waals surface area (Å²) in [7, 11) is 0. The molecule has 4 amide bonds. The summed E-state index contributed by atoms with van der Waals surface area (Å²) in [4.78, 5) is 181. The van der Waals surface area contributed by atoms with Crippen LogP contribution < -0.4 is 44.5 Å². The van der Waals surface area contributed by atoms with Crippen LogP contribution in [-0.2, 0) is 0 Å². The summed E-state index contributed by atoms with van der Waals surface area (Å²) in [6.07, 6.45) is 4.91. The molecule has 3 fully saturated rings. The van der Waals surface area contributed by atoms with Crippen molar-refractivity contribution in [3.63, 3.8) is 0 Å². The fraction of sp³-hybridized carbons (Fsp3) is 0.290. The minimum absolute atomic E-state index is 0.116. The molecule has 17 aliphatic heterocycles. The number of carbonyl (C=O) groups is 4. The molecular weight excluding hydrogens is 1020 g/mol. The second-order valence-corrected chi connectivity index (χ2v) is 23.2. The molecule has 31 rings (SSSR count). The van der Waals surface area contributed by atoms with Gasteiger partial charge in [0.15, 0.2) is 0 Å². The van der Waals surface area contributed by atoms with Gasteiger partial charge in [-0.25, -0.2) is 0 Å². The van der Waals surface area contributed by atoms with Crippen molar-refractivity contribution in [2.45, 2.75) is 113 Å². The Balaban J connectivity index is 0.922. The van der Waals surface area contributed by atoms with Crippen LogP contribution in [0.5, 0.6) is 0 Å². The van der Waals surface area contributed by atoms with E-state index in [1.54, 1.807) is 48.5 Å². The van der Waals surface area contributed by atoms with Gasteiger partial charge in [0.2, 0.25) is 0 Å². The van der Waals surface area contributed by atoms with Gasteiger partial charge in [0.25, 0.3) is 68.1 Å².